The normalized spacial score (nSPS) is 28.9. The van der Waals surface area contributed by atoms with Crippen LogP contribution in [0.1, 0.15) is 49.8 Å². The minimum Gasteiger partial charge on any atom is -0.305 e. The maximum atomic E-state index is 13.3. The van der Waals surface area contributed by atoms with Crippen molar-refractivity contribution in [1.29, 1.82) is 0 Å². The second kappa shape index (κ2) is 7.56. The molecule has 4 nitrogen and oxygen atoms in total. The van der Waals surface area contributed by atoms with Crippen LogP contribution in [0, 0.1) is 23.6 Å². The molecule has 0 radical (unpaired) electrons. The van der Waals surface area contributed by atoms with Gasteiger partial charge in [-0.15, -0.1) is 0 Å². The Morgan fingerprint density at radius 2 is 1.52 bits per heavy atom. The highest BCUT2D eigenvalue weighted by molar-refractivity contribution is 5.60. The SMILES string of the molecule is Fc1ccc(Cn2nc(CNC34CC5CC(CC(C5)C3)C4)c(-c3ccccc3)n2)cc1. The zero-order valence-electron chi connectivity index (χ0n) is 17.8. The van der Waals surface area contributed by atoms with E-state index in [9.17, 15) is 4.39 Å². The van der Waals surface area contributed by atoms with E-state index in [0.29, 0.717) is 12.1 Å². The number of hydrogen-bond acceptors (Lipinski definition) is 3. The lowest BCUT2D eigenvalue weighted by Gasteiger charge is -2.57. The van der Waals surface area contributed by atoms with E-state index in [1.54, 1.807) is 16.9 Å². The van der Waals surface area contributed by atoms with Crippen LogP contribution in [0.2, 0.25) is 0 Å². The standard InChI is InChI=1S/C26H29FN4/c27-23-8-6-18(7-9-23)17-31-29-24(25(30-31)22-4-2-1-3-5-22)16-28-26-13-19-10-20(14-26)12-21(11-19)15-26/h1-9,19-21,28H,10-17H2. The molecule has 1 aromatic heterocycles. The molecule has 5 heteroatoms. The fourth-order valence-corrected chi connectivity index (χ4v) is 6.74. The minimum absolute atomic E-state index is 0.220. The van der Waals surface area contributed by atoms with Gasteiger partial charge in [-0.05, 0) is 74.0 Å². The molecule has 7 rings (SSSR count). The smallest absolute Gasteiger partial charge is 0.123 e. The fraction of sp³-hybridized carbons (Fsp3) is 0.462. The molecule has 0 amide bonds. The van der Waals surface area contributed by atoms with Crippen molar-refractivity contribution in [3.05, 3.63) is 71.7 Å². The van der Waals surface area contributed by atoms with Crippen LogP contribution in [0.4, 0.5) is 4.39 Å². The molecule has 4 saturated carbocycles. The lowest BCUT2D eigenvalue weighted by Crippen LogP contribution is -2.58. The van der Waals surface area contributed by atoms with Crippen LogP contribution in [0.25, 0.3) is 11.3 Å². The third kappa shape index (κ3) is 3.80. The van der Waals surface area contributed by atoms with Crippen LogP contribution < -0.4 is 5.32 Å². The van der Waals surface area contributed by atoms with Crippen molar-refractivity contribution in [2.24, 2.45) is 17.8 Å². The van der Waals surface area contributed by atoms with Gasteiger partial charge in [0.05, 0.1) is 6.54 Å². The van der Waals surface area contributed by atoms with Crippen LogP contribution in [0.3, 0.4) is 0 Å². The van der Waals surface area contributed by atoms with E-state index in [-0.39, 0.29) is 5.82 Å². The van der Waals surface area contributed by atoms with Gasteiger partial charge in [-0.25, -0.2) is 4.39 Å². The maximum absolute atomic E-state index is 13.3. The molecule has 0 atom stereocenters. The first kappa shape index (κ1) is 19.2. The monoisotopic (exact) mass is 416 g/mol. The Morgan fingerprint density at radius 3 is 2.16 bits per heavy atom. The first-order chi connectivity index (χ1) is 15.1. The minimum atomic E-state index is -0.220. The summed E-state index contributed by atoms with van der Waals surface area (Å²) in [5, 5.41) is 13.7. The molecule has 1 N–H and O–H groups in total. The molecule has 0 spiro atoms. The Hall–Kier alpha value is -2.53. The maximum Gasteiger partial charge on any atom is 0.123 e. The van der Waals surface area contributed by atoms with Crippen molar-refractivity contribution in [2.75, 3.05) is 0 Å². The number of benzene rings is 2. The predicted molar refractivity (Wildman–Crippen MR) is 119 cm³/mol. The fourth-order valence-electron chi connectivity index (χ4n) is 6.74. The van der Waals surface area contributed by atoms with Crippen LogP contribution >= 0.6 is 0 Å². The molecule has 160 valence electrons. The van der Waals surface area contributed by atoms with E-state index < -0.39 is 0 Å². The molecular formula is C26H29FN4. The zero-order chi connectivity index (χ0) is 20.8. The lowest BCUT2D eigenvalue weighted by atomic mass is 9.53. The summed E-state index contributed by atoms with van der Waals surface area (Å²) >= 11 is 0. The third-order valence-corrected chi connectivity index (χ3v) is 7.68. The third-order valence-electron chi connectivity index (χ3n) is 7.68. The summed E-state index contributed by atoms with van der Waals surface area (Å²) in [5.74, 6) is 2.53. The number of halogens is 1. The summed E-state index contributed by atoms with van der Waals surface area (Å²) in [7, 11) is 0. The van der Waals surface area contributed by atoms with Crippen LogP contribution in [-0.2, 0) is 13.1 Å². The molecular weight excluding hydrogens is 387 g/mol. The molecule has 2 aromatic carbocycles. The Balaban J connectivity index is 1.26. The highest BCUT2D eigenvalue weighted by atomic mass is 19.1. The highest BCUT2D eigenvalue weighted by Crippen LogP contribution is 2.55. The largest absolute Gasteiger partial charge is 0.305 e. The van der Waals surface area contributed by atoms with E-state index in [0.717, 1.165) is 46.8 Å². The molecule has 0 unspecified atom stereocenters. The lowest BCUT2D eigenvalue weighted by molar-refractivity contribution is -0.0207. The summed E-state index contributed by atoms with van der Waals surface area (Å²) in [6.07, 6.45) is 8.31. The van der Waals surface area contributed by atoms with Gasteiger partial charge in [0.25, 0.3) is 0 Å². The number of nitrogens with one attached hydrogen (secondary N) is 1. The number of rotatable bonds is 6. The van der Waals surface area contributed by atoms with Gasteiger partial charge in [0.2, 0.25) is 0 Å². The van der Waals surface area contributed by atoms with Gasteiger partial charge >= 0.3 is 0 Å². The molecule has 4 aliphatic rings. The van der Waals surface area contributed by atoms with Gasteiger partial charge in [-0.1, -0.05) is 42.5 Å². The summed E-state index contributed by atoms with van der Waals surface area (Å²) in [4.78, 5) is 1.76. The summed E-state index contributed by atoms with van der Waals surface area (Å²) in [6.45, 7) is 1.29. The van der Waals surface area contributed by atoms with E-state index in [1.807, 2.05) is 18.2 Å². The summed E-state index contributed by atoms with van der Waals surface area (Å²) in [6, 6.07) is 16.9. The van der Waals surface area contributed by atoms with Crippen LogP contribution in [0.5, 0.6) is 0 Å². The molecule has 4 fully saturated rings. The molecule has 3 aromatic rings. The van der Waals surface area contributed by atoms with Crippen molar-refractivity contribution >= 4 is 0 Å². The van der Waals surface area contributed by atoms with Crippen molar-refractivity contribution in [3.63, 3.8) is 0 Å². The van der Waals surface area contributed by atoms with Gasteiger partial charge in [0, 0.05) is 17.6 Å². The Bertz CT molecular complexity index is 1020. The molecule has 4 aliphatic carbocycles. The Labute approximate surface area is 182 Å². The number of aromatic nitrogens is 3. The van der Waals surface area contributed by atoms with Crippen LogP contribution in [-0.4, -0.2) is 20.5 Å². The molecule has 31 heavy (non-hydrogen) atoms. The van der Waals surface area contributed by atoms with Crippen molar-refractivity contribution < 1.29 is 4.39 Å². The van der Waals surface area contributed by atoms with Gasteiger partial charge in [0.1, 0.15) is 17.2 Å². The van der Waals surface area contributed by atoms with Crippen LogP contribution in [0.15, 0.2) is 54.6 Å². The van der Waals surface area contributed by atoms with E-state index in [1.165, 1.54) is 50.7 Å². The van der Waals surface area contributed by atoms with Gasteiger partial charge in [0.15, 0.2) is 0 Å². The van der Waals surface area contributed by atoms with Crippen molar-refractivity contribution in [3.8, 4) is 11.3 Å². The zero-order valence-corrected chi connectivity index (χ0v) is 17.8. The van der Waals surface area contributed by atoms with E-state index in [2.05, 4.69) is 17.4 Å². The highest BCUT2D eigenvalue weighted by Gasteiger charge is 2.50. The van der Waals surface area contributed by atoms with E-state index in [4.69, 9.17) is 10.2 Å². The predicted octanol–water partition coefficient (Wildman–Crippen LogP) is 5.19. The average molecular weight is 417 g/mol. The number of hydrogen-bond donors (Lipinski definition) is 1. The Kier molecular flexibility index (Phi) is 4.67. The molecule has 0 aliphatic heterocycles. The average Bonchev–Trinajstić information content (AvgIpc) is 3.16. The van der Waals surface area contributed by atoms with Crippen molar-refractivity contribution in [2.45, 2.75) is 57.2 Å². The van der Waals surface area contributed by atoms with Gasteiger partial charge in [-0.3, -0.25) is 0 Å². The second-order valence-electron chi connectivity index (χ2n) is 10.1. The van der Waals surface area contributed by atoms with E-state index >= 15 is 0 Å². The molecule has 1 heterocycles. The first-order valence-electron chi connectivity index (χ1n) is 11.6. The van der Waals surface area contributed by atoms with Gasteiger partial charge in [-0.2, -0.15) is 15.0 Å². The summed E-state index contributed by atoms with van der Waals surface area (Å²) < 4.78 is 13.3. The number of nitrogens with zero attached hydrogens (tertiary/aromatic N) is 3. The topological polar surface area (TPSA) is 42.7 Å². The molecule has 0 saturated heterocycles. The quantitative estimate of drug-likeness (QED) is 0.601. The van der Waals surface area contributed by atoms with Crippen molar-refractivity contribution in [1.82, 2.24) is 20.3 Å². The second-order valence-corrected chi connectivity index (χ2v) is 10.1. The first-order valence-corrected chi connectivity index (χ1v) is 11.6. The Morgan fingerprint density at radius 1 is 0.871 bits per heavy atom. The van der Waals surface area contributed by atoms with Gasteiger partial charge < -0.3 is 5.32 Å². The summed E-state index contributed by atoms with van der Waals surface area (Å²) in [5.41, 5.74) is 4.33. The molecule has 4 bridgehead atoms.